The van der Waals surface area contributed by atoms with Crippen LogP contribution in [0.3, 0.4) is 0 Å². The minimum atomic E-state index is -1.14. The Labute approximate surface area is 197 Å². The van der Waals surface area contributed by atoms with Crippen molar-refractivity contribution in [3.8, 4) is 0 Å². The molecule has 2 aliphatic rings. The first-order valence-electron chi connectivity index (χ1n) is 11.1. The van der Waals surface area contributed by atoms with Crippen molar-refractivity contribution in [1.29, 1.82) is 0 Å². The monoisotopic (exact) mass is 448 g/mol. The Hall–Kier alpha value is -4.27. The molecule has 0 saturated heterocycles. The van der Waals surface area contributed by atoms with Gasteiger partial charge in [-0.1, -0.05) is 54.6 Å². The number of fused-ring (bicyclic) bond motifs is 2. The van der Waals surface area contributed by atoms with E-state index in [2.05, 4.69) is 58.1 Å². The Balaban J connectivity index is 1.33. The highest BCUT2D eigenvalue weighted by atomic mass is 15.7. The molecule has 168 valence electrons. The number of hydrogen-bond acceptors (Lipinski definition) is 7. The molecule has 0 saturated carbocycles. The number of hydrogen-bond donors (Lipinski definition) is 3. The van der Waals surface area contributed by atoms with Crippen LogP contribution in [0.4, 0.5) is 5.69 Å². The number of aliphatic imine (C=N–C) groups is 2. The van der Waals surface area contributed by atoms with Crippen LogP contribution >= 0.6 is 0 Å². The lowest BCUT2D eigenvalue weighted by Crippen LogP contribution is -2.51. The van der Waals surface area contributed by atoms with Gasteiger partial charge in [-0.3, -0.25) is 15.4 Å². The first kappa shape index (κ1) is 20.3. The molecule has 0 spiro atoms. The highest BCUT2D eigenvalue weighted by Gasteiger charge is 2.39. The van der Waals surface area contributed by atoms with Crippen LogP contribution in [0, 0.1) is 6.92 Å². The Morgan fingerprint density at radius 2 is 1.91 bits per heavy atom. The minimum Gasteiger partial charge on any atom is -0.337 e. The number of benzene rings is 3. The van der Waals surface area contributed by atoms with Crippen LogP contribution < -0.4 is 16.5 Å². The molecule has 4 N–H and O–H groups in total. The first-order chi connectivity index (χ1) is 16.6. The van der Waals surface area contributed by atoms with E-state index in [9.17, 15) is 0 Å². The zero-order valence-corrected chi connectivity index (χ0v) is 18.7. The highest BCUT2D eigenvalue weighted by Crippen LogP contribution is 2.28. The Kier molecular flexibility index (Phi) is 4.75. The van der Waals surface area contributed by atoms with Gasteiger partial charge in [-0.15, -0.1) is 0 Å². The van der Waals surface area contributed by atoms with Gasteiger partial charge in [0, 0.05) is 29.0 Å². The summed E-state index contributed by atoms with van der Waals surface area (Å²) in [4.78, 5) is 9.35. The van der Waals surface area contributed by atoms with E-state index in [0.717, 1.165) is 27.7 Å². The number of hydrazine groups is 1. The van der Waals surface area contributed by atoms with E-state index in [1.165, 1.54) is 5.56 Å². The number of anilines is 1. The topological polar surface area (TPSA) is 95.9 Å². The molecule has 2 aliphatic heterocycles. The smallest absolute Gasteiger partial charge is 0.208 e. The van der Waals surface area contributed by atoms with Gasteiger partial charge < -0.3 is 5.32 Å². The van der Waals surface area contributed by atoms with E-state index in [4.69, 9.17) is 10.7 Å². The largest absolute Gasteiger partial charge is 0.337 e. The molecule has 1 atom stereocenters. The van der Waals surface area contributed by atoms with Crippen LogP contribution in [0.5, 0.6) is 0 Å². The van der Waals surface area contributed by atoms with Crippen LogP contribution in [0.1, 0.15) is 16.7 Å². The zero-order chi connectivity index (χ0) is 23.1. The van der Waals surface area contributed by atoms with Crippen molar-refractivity contribution in [3.63, 3.8) is 0 Å². The molecule has 0 bridgehead atoms. The second kappa shape index (κ2) is 7.95. The molecule has 8 heteroatoms. The SMILES string of the molecule is Cc1cccc(NC2=NC=CN3NC(N)(c4ccc5cnn(Cc6ccccc6)c5c4)N=C23)c1. The van der Waals surface area contributed by atoms with Crippen LogP contribution in [0.25, 0.3) is 10.9 Å². The lowest BCUT2D eigenvalue weighted by Gasteiger charge is -2.25. The summed E-state index contributed by atoms with van der Waals surface area (Å²) in [6, 6.07) is 24.5. The number of nitrogens with two attached hydrogens (primary N) is 1. The van der Waals surface area contributed by atoms with Gasteiger partial charge in [0.2, 0.25) is 5.79 Å². The second-order valence-corrected chi connectivity index (χ2v) is 8.52. The fourth-order valence-electron chi connectivity index (χ4n) is 4.26. The third kappa shape index (κ3) is 3.64. The molecule has 6 rings (SSSR count). The summed E-state index contributed by atoms with van der Waals surface area (Å²) in [5.74, 6) is 0.113. The summed E-state index contributed by atoms with van der Waals surface area (Å²) in [5.41, 5.74) is 15.2. The minimum absolute atomic E-state index is 0.628. The Bertz CT molecular complexity index is 1470. The van der Waals surface area contributed by atoms with Gasteiger partial charge in [0.15, 0.2) is 11.7 Å². The predicted molar refractivity (Wildman–Crippen MR) is 135 cm³/mol. The van der Waals surface area contributed by atoms with E-state index in [-0.39, 0.29) is 0 Å². The molecular formula is C26H24N8. The van der Waals surface area contributed by atoms with Crippen LogP contribution in [-0.2, 0) is 12.3 Å². The Morgan fingerprint density at radius 3 is 2.76 bits per heavy atom. The molecule has 1 unspecified atom stereocenters. The molecule has 3 heterocycles. The summed E-state index contributed by atoms with van der Waals surface area (Å²) < 4.78 is 1.99. The van der Waals surface area contributed by atoms with Crippen LogP contribution in [0.2, 0.25) is 0 Å². The van der Waals surface area contributed by atoms with Gasteiger partial charge in [0.05, 0.1) is 18.3 Å². The van der Waals surface area contributed by atoms with Gasteiger partial charge in [-0.05, 0) is 36.2 Å². The number of nitrogens with one attached hydrogen (secondary N) is 2. The van der Waals surface area contributed by atoms with Crippen molar-refractivity contribution >= 4 is 28.3 Å². The fourth-order valence-corrected chi connectivity index (χ4v) is 4.26. The molecule has 0 amide bonds. The van der Waals surface area contributed by atoms with Crippen molar-refractivity contribution < 1.29 is 0 Å². The zero-order valence-electron chi connectivity index (χ0n) is 18.7. The van der Waals surface area contributed by atoms with Gasteiger partial charge in [-0.25, -0.2) is 9.98 Å². The van der Waals surface area contributed by atoms with E-state index in [1.807, 2.05) is 59.5 Å². The summed E-state index contributed by atoms with van der Waals surface area (Å²) in [6.07, 6.45) is 5.41. The van der Waals surface area contributed by atoms with Gasteiger partial charge in [0.25, 0.3) is 0 Å². The maximum atomic E-state index is 6.80. The van der Waals surface area contributed by atoms with E-state index in [1.54, 1.807) is 11.2 Å². The number of amidine groups is 2. The van der Waals surface area contributed by atoms with Crippen molar-refractivity contribution in [2.45, 2.75) is 19.3 Å². The standard InChI is InChI=1S/C26H24N8/c1-18-6-5-9-22(14-18)30-24-25-31-26(27,32-33(25)13-12-28-24)21-11-10-20-16-29-34(23(20)15-21)17-19-7-3-2-4-8-19/h2-16,32H,17,27H2,1H3,(H,28,30). The van der Waals surface area contributed by atoms with Crippen molar-refractivity contribution in [1.82, 2.24) is 20.2 Å². The normalized spacial score (nSPS) is 19.2. The maximum absolute atomic E-state index is 6.80. The van der Waals surface area contributed by atoms with Crippen molar-refractivity contribution in [3.05, 3.63) is 108 Å². The number of nitrogens with zero attached hydrogens (tertiary/aromatic N) is 5. The lowest BCUT2D eigenvalue weighted by atomic mass is 10.1. The predicted octanol–water partition coefficient (Wildman–Crippen LogP) is 3.68. The first-order valence-corrected chi connectivity index (χ1v) is 11.1. The molecule has 4 aromatic rings. The Morgan fingerprint density at radius 1 is 1.03 bits per heavy atom. The summed E-state index contributed by atoms with van der Waals surface area (Å²) in [5, 5.41) is 10.8. The van der Waals surface area contributed by atoms with E-state index >= 15 is 0 Å². The van der Waals surface area contributed by atoms with Gasteiger partial charge in [0.1, 0.15) is 0 Å². The van der Waals surface area contributed by atoms with Crippen LogP contribution in [0.15, 0.2) is 101 Å². The number of aryl methyl sites for hydroxylation is 1. The quantitative estimate of drug-likeness (QED) is 0.443. The molecule has 0 fully saturated rings. The van der Waals surface area contributed by atoms with Gasteiger partial charge in [-0.2, -0.15) is 10.5 Å². The number of rotatable bonds is 4. The molecule has 8 nitrogen and oxygen atoms in total. The van der Waals surface area contributed by atoms with Crippen LogP contribution in [-0.4, -0.2) is 26.5 Å². The molecule has 1 aromatic heterocycles. The second-order valence-electron chi connectivity index (χ2n) is 8.52. The van der Waals surface area contributed by atoms with Crippen molar-refractivity contribution in [2.75, 3.05) is 5.32 Å². The van der Waals surface area contributed by atoms with E-state index < -0.39 is 5.79 Å². The summed E-state index contributed by atoms with van der Waals surface area (Å²) in [6.45, 7) is 2.73. The average Bonchev–Trinajstić information content (AvgIpc) is 3.41. The van der Waals surface area contributed by atoms with E-state index in [0.29, 0.717) is 18.2 Å². The molecule has 0 radical (unpaired) electrons. The summed E-state index contributed by atoms with van der Waals surface area (Å²) >= 11 is 0. The molecule has 34 heavy (non-hydrogen) atoms. The molecule has 3 aromatic carbocycles. The number of aromatic nitrogens is 2. The highest BCUT2D eigenvalue weighted by molar-refractivity contribution is 6.45. The fraction of sp³-hybridized carbons (Fsp3) is 0.115. The van der Waals surface area contributed by atoms with Crippen molar-refractivity contribution in [2.24, 2.45) is 15.7 Å². The molecule has 0 aliphatic carbocycles. The summed E-state index contributed by atoms with van der Waals surface area (Å²) in [7, 11) is 0. The average molecular weight is 449 g/mol. The third-order valence-corrected chi connectivity index (χ3v) is 5.97. The third-order valence-electron chi connectivity index (χ3n) is 5.97. The lowest BCUT2D eigenvalue weighted by molar-refractivity contribution is 0.274. The van der Waals surface area contributed by atoms with Gasteiger partial charge >= 0.3 is 0 Å². The molecular weight excluding hydrogens is 424 g/mol. The maximum Gasteiger partial charge on any atom is 0.208 e.